The molecule has 1 aromatic rings. The van der Waals surface area contributed by atoms with Crippen LogP contribution < -0.4 is 10.6 Å². The molecule has 7 heteroatoms. The zero-order valence-corrected chi connectivity index (χ0v) is 15.7. The third-order valence-electron chi connectivity index (χ3n) is 4.54. The summed E-state index contributed by atoms with van der Waals surface area (Å²) in [6, 6.07) is 7.26. The second-order valence-electron chi connectivity index (χ2n) is 6.49. The maximum absolute atomic E-state index is 12.4. The Balaban J connectivity index is 1.83. The number of nitrogens with zero attached hydrogens (tertiary/aromatic N) is 1. The Morgan fingerprint density at radius 1 is 1.26 bits per heavy atom. The molecule has 0 radical (unpaired) electrons. The molecule has 146 valence electrons. The quantitative estimate of drug-likeness (QED) is 0.676. The van der Waals surface area contributed by atoms with Gasteiger partial charge in [0.15, 0.2) is 0 Å². The number of piperidine rings is 1. The first kappa shape index (κ1) is 20.6. The number of rotatable bonds is 8. The molecule has 0 atom stereocenters. The van der Waals surface area contributed by atoms with Gasteiger partial charge in [-0.1, -0.05) is 24.8 Å². The molecule has 0 aromatic heterocycles. The summed E-state index contributed by atoms with van der Waals surface area (Å²) >= 11 is 0. The summed E-state index contributed by atoms with van der Waals surface area (Å²) in [7, 11) is 1.58. The van der Waals surface area contributed by atoms with Crippen LogP contribution in [0.1, 0.15) is 24.8 Å². The Morgan fingerprint density at radius 2 is 1.96 bits per heavy atom. The summed E-state index contributed by atoms with van der Waals surface area (Å²) in [5, 5.41) is 5.74. The van der Waals surface area contributed by atoms with E-state index < -0.39 is 0 Å². The van der Waals surface area contributed by atoms with E-state index in [-0.39, 0.29) is 30.2 Å². The number of likely N-dealkylation sites (tertiary alicyclic amines) is 1. The van der Waals surface area contributed by atoms with Gasteiger partial charge in [-0.25, -0.2) is 0 Å². The summed E-state index contributed by atoms with van der Waals surface area (Å²) < 4.78 is 4.94. The van der Waals surface area contributed by atoms with Crippen LogP contribution in [0.3, 0.4) is 0 Å². The minimum absolute atomic E-state index is 0.0545. The Kier molecular flexibility index (Phi) is 8.00. The minimum atomic E-state index is -0.312. The molecule has 7 nitrogen and oxygen atoms in total. The summed E-state index contributed by atoms with van der Waals surface area (Å²) in [5.41, 5.74) is 1.36. The number of hydrogen-bond acceptors (Lipinski definition) is 4. The zero-order chi connectivity index (χ0) is 19.6. The van der Waals surface area contributed by atoms with Crippen molar-refractivity contribution >= 4 is 23.4 Å². The van der Waals surface area contributed by atoms with Crippen LogP contribution in [0.15, 0.2) is 36.9 Å². The van der Waals surface area contributed by atoms with Gasteiger partial charge in [-0.05, 0) is 30.5 Å². The van der Waals surface area contributed by atoms with Gasteiger partial charge in [0.25, 0.3) is 0 Å². The number of carbonyl (C=O) groups excluding carboxylic acids is 3. The van der Waals surface area contributed by atoms with Crippen LogP contribution in [0.2, 0.25) is 0 Å². The van der Waals surface area contributed by atoms with Gasteiger partial charge in [-0.15, -0.1) is 0 Å². The molecule has 1 fully saturated rings. The lowest BCUT2D eigenvalue weighted by Gasteiger charge is -2.32. The standard InChI is InChI=1S/C20H27N3O4/c1-3-18(24)22-17-7-5-4-6-15(17)14-19(25)21-16-8-11-23(12-9-16)20(26)10-13-27-2/h3-7,16H,1,8-14H2,2H3,(H,21,25)(H,22,24). The number of benzene rings is 1. The van der Waals surface area contributed by atoms with Gasteiger partial charge in [-0.2, -0.15) is 0 Å². The average molecular weight is 373 g/mol. The van der Waals surface area contributed by atoms with E-state index in [0.29, 0.717) is 31.8 Å². The monoisotopic (exact) mass is 373 g/mol. The Labute approximate surface area is 159 Å². The molecular formula is C20H27N3O4. The normalized spacial score (nSPS) is 14.5. The van der Waals surface area contributed by atoms with E-state index in [2.05, 4.69) is 17.2 Å². The molecule has 0 bridgehead atoms. The lowest BCUT2D eigenvalue weighted by molar-refractivity contribution is -0.133. The van der Waals surface area contributed by atoms with Crippen molar-refractivity contribution in [3.63, 3.8) is 0 Å². The molecular weight excluding hydrogens is 346 g/mol. The van der Waals surface area contributed by atoms with E-state index in [1.165, 1.54) is 6.08 Å². The van der Waals surface area contributed by atoms with Crippen molar-refractivity contribution in [1.82, 2.24) is 10.2 Å². The molecule has 1 saturated heterocycles. The number of carbonyl (C=O) groups is 3. The van der Waals surface area contributed by atoms with E-state index in [4.69, 9.17) is 4.74 Å². The molecule has 0 aliphatic carbocycles. The predicted octanol–water partition coefficient (Wildman–Crippen LogP) is 1.50. The highest BCUT2D eigenvalue weighted by Crippen LogP contribution is 2.17. The molecule has 1 aromatic carbocycles. The number of nitrogens with one attached hydrogen (secondary N) is 2. The number of hydrogen-bond donors (Lipinski definition) is 2. The lowest BCUT2D eigenvalue weighted by atomic mass is 10.0. The predicted molar refractivity (Wildman–Crippen MR) is 103 cm³/mol. The molecule has 0 spiro atoms. The summed E-state index contributed by atoms with van der Waals surface area (Å²) in [6.07, 6.45) is 3.23. The third-order valence-corrected chi connectivity index (χ3v) is 4.54. The van der Waals surface area contributed by atoms with Crippen LogP contribution in [0, 0.1) is 0 Å². The number of ether oxygens (including phenoxy) is 1. The second-order valence-corrected chi connectivity index (χ2v) is 6.49. The SMILES string of the molecule is C=CC(=O)Nc1ccccc1CC(=O)NC1CCN(C(=O)CCOC)CC1. The molecule has 1 aliphatic rings. The first-order valence-electron chi connectivity index (χ1n) is 9.11. The van der Waals surface area contributed by atoms with Crippen molar-refractivity contribution in [1.29, 1.82) is 0 Å². The van der Waals surface area contributed by atoms with Gasteiger partial charge in [0, 0.05) is 31.9 Å². The average Bonchev–Trinajstić information content (AvgIpc) is 2.68. The van der Waals surface area contributed by atoms with Crippen molar-refractivity contribution in [3.05, 3.63) is 42.5 Å². The van der Waals surface area contributed by atoms with Gasteiger partial charge in [0.1, 0.15) is 0 Å². The lowest BCUT2D eigenvalue weighted by Crippen LogP contribution is -2.47. The molecule has 2 N–H and O–H groups in total. The van der Waals surface area contributed by atoms with E-state index in [1.54, 1.807) is 19.2 Å². The Morgan fingerprint density at radius 3 is 2.63 bits per heavy atom. The fourth-order valence-electron chi connectivity index (χ4n) is 3.05. The molecule has 1 aliphatic heterocycles. The highest BCUT2D eigenvalue weighted by Gasteiger charge is 2.23. The van der Waals surface area contributed by atoms with Crippen molar-refractivity contribution in [2.24, 2.45) is 0 Å². The van der Waals surface area contributed by atoms with Crippen molar-refractivity contribution in [2.75, 3.05) is 32.1 Å². The van der Waals surface area contributed by atoms with Gasteiger partial charge in [0.2, 0.25) is 17.7 Å². The molecule has 1 heterocycles. The van der Waals surface area contributed by atoms with E-state index in [1.807, 2.05) is 17.0 Å². The van der Waals surface area contributed by atoms with E-state index in [9.17, 15) is 14.4 Å². The van der Waals surface area contributed by atoms with E-state index in [0.717, 1.165) is 18.4 Å². The van der Waals surface area contributed by atoms with E-state index >= 15 is 0 Å². The first-order chi connectivity index (χ1) is 13.0. The van der Waals surface area contributed by atoms with Gasteiger partial charge in [-0.3, -0.25) is 14.4 Å². The Bertz CT molecular complexity index is 682. The van der Waals surface area contributed by atoms with Crippen LogP contribution in [0.4, 0.5) is 5.69 Å². The van der Waals surface area contributed by atoms with Crippen LogP contribution in [-0.4, -0.2) is 55.5 Å². The van der Waals surface area contributed by atoms with Crippen LogP contribution in [0.5, 0.6) is 0 Å². The van der Waals surface area contributed by atoms with Crippen LogP contribution in [-0.2, 0) is 25.5 Å². The van der Waals surface area contributed by atoms with Gasteiger partial charge in [0.05, 0.1) is 19.4 Å². The number of amides is 3. The van der Waals surface area contributed by atoms with Crippen molar-refractivity contribution < 1.29 is 19.1 Å². The van der Waals surface area contributed by atoms with Crippen molar-refractivity contribution in [2.45, 2.75) is 31.7 Å². The molecule has 0 unspecified atom stereocenters. The maximum atomic E-state index is 12.4. The number of para-hydroxylation sites is 1. The van der Waals surface area contributed by atoms with Gasteiger partial charge < -0.3 is 20.3 Å². The van der Waals surface area contributed by atoms with Crippen LogP contribution >= 0.6 is 0 Å². The third kappa shape index (κ3) is 6.53. The molecule has 0 saturated carbocycles. The first-order valence-corrected chi connectivity index (χ1v) is 9.11. The van der Waals surface area contributed by atoms with Gasteiger partial charge >= 0.3 is 0 Å². The Hall–Kier alpha value is -2.67. The fourth-order valence-corrected chi connectivity index (χ4v) is 3.05. The topological polar surface area (TPSA) is 87.7 Å². The number of methoxy groups -OCH3 is 1. The maximum Gasteiger partial charge on any atom is 0.247 e. The van der Waals surface area contributed by atoms with Crippen LogP contribution in [0.25, 0.3) is 0 Å². The highest BCUT2D eigenvalue weighted by molar-refractivity contribution is 5.99. The minimum Gasteiger partial charge on any atom is -0.384 e. The molecule has 3 amide bonds. The van der Waals surface area contributed by atoms with Crippen molar-refractivity contribution in [3.8, 4) is 0 Å². The molecule has 2 rings (SSSR count). The second kappa shape index (κ2) is 10.5. The summed E-state index contributed by atoms with van der Waals surface area (Å²) in [4.78, 5) is 37.7. The zero-order valence-electron chi connectivity index (χ0n) is 15.7. The summed E-state index contributed by atoms with van der Waals surface area (Å²) in [5.74, 6) is -0.318. The largest absolute Gasteiger partial charge is 0.384 e. The highest BCUT2D eigenvalue weighted by atomic mass is 16.5. The molecule has 27 heavy (non-hydrogen) atoms. The number of anilines is 1. The summed E-state index contributed by atoms with van der Waals surface area (Å²) in [6.45, 7) is 5.14. The fraction of sp³-hybridized carbons (Fsp3) is 0.450. The smallest absolute Gasteiger partial charge is 0.247 e.